The lowest BCUT2D eigenvalue weighted by molar-refractivity contribution is 0.0924. The van der Waals surface area contributed by atoms with Crippen LogP contribution in [0.1, 0.15) is 37.4 Å². The van der Waals surface area contributed by atoms with Gasteiger partial charge in [-0.05, 0) is 25.0 Å². The number of fused-ring (bicyclic) bond motifs is 1. The molecule has 0 saturated heterocycles. The van der Waals surface area contributed by atoms with Crippen LogP contribution in [0.3, 0.4) is 0 Å². The summed E-state index contributed by atoms with van der Waals surface area (Å²) in [6.45, 7) is 3.60. The molecule has 2 amide bonds. The van der Waals surface area contributed by atoms with Crippen LogP contribution < -0.4 is 10.6 Å². The summed E-state index contributed by atoms with van der Waals surface area (Å²) in [6.07, 6.45) is 1.40. The molecule has 1 aromatic carbocycles. The topological polar surface area (TPSA) is 92.1 Å². The van der Waals surface area contributed by atoms with Gasteiger partial charge < -0.3 is 5.73 Å². The maximum atomic E-state index is 12.6. The van der Waals surface area contributed by atoms with E-state index >= 15 is 0 Å². The quantitative estimate of drug-likeness (QED) is 0.647. The van der Waals surface area contributed by atoms with Gasteiger partial charge in [-0.1, -0.05) is 24.4 Å². The van der Waals surface area contributed by atoms with Crippen molar-refractivity contribution in [1.29, 1.82) is 0 Å². The van der Waals surface area contributed by atoms with Crippen LogP contribution in [-0.2, 0) is 0 Å². The molecule has 1 aliphatic rings. The molecule has 0 aliphatic carbocycles. The van der Waals surface area contributed by atoms with E-state index in [1.165, 1.54) is 6.20 Å². The van der Waals surface area contributed by atoms with E-state index in [0.717, 1.165) is 16.0 Å². The van der Waals surface area contributed by atoms with Crippen molar-refractivity contribution >= 4 is 34.8 Å². The highest BCUT2D eigenvalue weighted by molar-refractivity contribution is 7.80. The zero-order valence-electron chi connectivity index (χ0n) is 11.4. The molecule has 0 unspecified atom stereocenters. The fourth-order valence-electron chi connectivity index (χ4n) is 2.51. The Morgan fingerprint density at radius 1 is 1.19 bits per heavy atom. The molecule has 0 radical (unpaired) electrons. The third-order valence-electron chi connectivity index (χ3n) is 3.56. The lowest BCUT2D eigenvalue weighted by Gasteiger charge is -2.13. The van der Waals surface area contributed by atoms with Gasteiger partial charge in [0.25, 0.3) is 11.8 Å². The van der Waals surface area contributed by atoms with Crippen molar-refractivity contribution in [1.82, 2.24) is 10.2 Å². The van der Waals surface area contributed by atoms with Gasteiger partial charge in [-0.2, -0.15) is 5.10 Å². The molecule has 0 bridgehead atoms. The second-order valence-electron chi connectivity index (χ2n) is 4.89. The predicted molar refractivity (Wildman–Crippen MR) is 81.5 cm³/mol. The maximum Gasteiger partial charge on any atom is 0.267 e. The van der Waals surface area contributed by atoms with Gasteiger partial charge in [0.2, 0.25) is 0 Å². The van der Waals surface area contributed by atoms with E-state index in [4.69, 9.17) is 18.0 Å². The number of thiocarbonyl (C=S) groups is 1. The first-order chi connectivity index (χ1) is 9.93. The molecule has 1 aromatic heterocycles. The number of nitrogens with two attached hydrogens (primary N) is 1. The number of anilines is 1. The predicted octanol–water partition coefficient (Wildman–Crippen LogP) is 1.46. The number of imide groups is 1. The Balaban J connectivity index is 2.21. The molecule has 1 aliphatic heterocycles. The summed E-state index contributed by atoms with van der Waals surface area (Å²) in [5.74, 6) is -0.566. The lowest BCUT2D eigenvalue weighted by Crippen LogP contribution is -2.32. The number of aryl methyl sites for hydroxylation is 2. The third kappa shape index (κ3) is 1.78. The van der Waals surface area contributed by atoms with Crippen molar-refractivity contribution in [3.05, 3.63) is 46.1 Å². The average Bonchev–Trinajstić information content (AvgIpc) is 2.98. The number of hydrogen-bond acceptors (Lipinski definition) is 4. The summed E-state index contributed by atoms with van der Waals surface area (Å²) in [5.41, 5.74) is 8.33. The molecule has 7 heteroatoms. The van der Waals surface area contributed by atoms with Crippen molar-refractivity contribution in [2.45, 2.75) is 13.8 Å². The summed E-state index contributed by atoms with van der Waals surface area (Å²) in [7, 11) is 0. The highest BCUT2D eigenvalue weighted by atomic mass is 32.1. The summed E-state index contributed by atoms with van der Waals surface area (Å²) in [4.78, 5) is 26.4. The smallest absolute Gasteiger partial charge is 0.267 e. The molecule has 0 saturated carbocycles. The molecule has 0 fully saturated rings. The largest absolute Gasteiger partial charge is 0.389 e. The molecule has 0 spiro atoms. The third-order valence-corrected chi connectivity index (χ3v) is 3.78. The zero-order chi connectivity index (χ0) is 15.3. The monoisotopic (exact) mass is 300 g/mol. The van der Waals surface area contributed by atoms with Crippen LogP contribution in [0, 0.1) is 13.8 Å². The van der Waals surface area contributed by atoms with E-state index < -0.39 is 11.8 Å². The first-order valence-corrected chi connectivity index (χ1v) is 6.66. The number of nitrogens with zero attached hydrogens (tertiary/aromatic N) is 2. The van der Waals surface area contributed by atoms with Crippen molar-refractivity contribution in [3.63, 3.8) is 0 Å². The van der Waals surface area contributed by atoms with Gasteiger partial charge in [0, 0.05) is 0 Å². The number of aromatic amines is 1. The molecule has 21 heavy (non-hydrogen) atoms. The molecule has 6 nitrogen and oxygen atoms in total. The molecule has 3 rings (SSSR count). The van der Waals surface area contributed by atoms with Crippen molar-refractivity contribution in [2.24, 2.45) is 5.73 Å². The molecule has 2 aromatic rings. The number of carbonyl (C=O) groups is 2. The van der Waals surface area contributed by atoms with Gasteiger partial charge in [0.15, 0.2) is 0 Å². The number of nitrogens with one attached hydrogen (secondary N) is 1. The Kier molecular flexibility index (Phi) is 2.87. The molecular formula is C14H12N4O2S. The molecule has 0 atom stereocenters. The minimum absolute atomic E-state index is 0.0729. The maximum absolute atomic E-state index is 12.6. The highest BCUT2D eigenvalue weighted by Gasteiger charge is 2.40. The van der Waals surface area contributed by atoms with E-state index in [-0.39, 0.29) is 10.8 Å². The Morgan fingerprint density at radius 2 is 1.71 bits per heavy atom. The van der Waals surface area contributed by atoms with Crippen LogP contribution in [0.15, 0.2) is 18.3 Å². The average molecular weight is 300 g/mol. The zero-order valence-corrected chi connectivity index (χ0v) is 12.2. The number of hydrogen-bond donors (Lipinski definition) is 2. The van der Waals surface area contributed by atoms with E-state index in [1.54, 1.807) is 13.8 Å². The standard InChI is InChI=1S/C14H12N4O2S/c1-6-3-4-7(2)10-9(6)13(19)18(14(10)20)12-8(11(15)21)5-16-17-12/h3-5H,1-2H3,(H2,15,21)(H,16,17). The number of H-pyrrole nitrogens is 1. The van der Waals surface area contributed by atoms with Gasteiger partial charge in [-0.15, -0.1) is 0 Å². The minimum atomic E-state index is -0.391. The summed E-state index contributed by atoms with van der Waals surface area (Å²) < 4.78 is 0. The Bertz CT molecular complexity index is 768. The van der Waals surface area contributed by atoms with Gasteiger partial charge in [0.1, 0.15) is 10.8 Å². The number of rotatable bonds is 2. The number of carbonyl (C=O) groups excluding carboxylic acids is 2. The van der Waals surface area contributed by atoms with Gasteiger partial charge in [-0.3, -0.25) is 14.7 Å². The van der Waals surface area contributed by atoms with Gasteiger partial charge >= 0.3 is 0 Å². The van der Waals surface area contributed by atoms with E-state index in [9.17, 15) is 9.59 Å². The van der Waals surface area contributed by atoms with Crippen molar-refractivity contribution in [2.75, 3.05) is 4.90 Å². The normalized spacial score (nSPS) is 13.7. The number of amides is 2. The van der Waals surface area contributed by atoms with Gasteiger partial charge in [-0.25, -0.2) is 4.90 Å². The first-order valence-electron chi connectivity index (χ1n) is 6.25. The Morgan fingerprint density at radius 3 is 2.19 bits per heavy atom. The summed E-state index contributed by atoms with van der Waals surface area (Å²) in [6, 6.07) is 3.65. The van der Waals surface area contributed by atoms with Crippen LogP contribution in [0.5, 0.6) is 0 Å². The first kappa shape index (κ1) is 13.4. The van der Waals surface area contributed by atoms with Crippen LogP contribution >= 0.6 is 12.2 Å². The van der Waals surface area contributed by atoms with Crippen molar-refractivity contribution < 1.29 is 9.59 Å². The molecule has 3 N–H and O–H groups in total. The summed E-state index contributed by atoms with van der Waals surface area (Å²) >= 11 is 4.92. The molecule has 106 valence electrons. The number of benzene rings is 1. The van der Waals surface area contributed by atoms with E-state index in [0.29, 0.717) is 16.7 Å². The van der Waals surface area contributed by atoms with Crippen LogP contribution in [-0.4, -0.2) is 27.0 Å². The van der Waals surface area contributed by atoms with Crippen LogP contribution in [0.25, 0.3) is 0 Å². The minimum Gasteiger partial charge on any atom is -0.389 e. The lowest BCUT2D eigenvalue weighted by atomic mass is 9.99. The van der Waals surface area contributed by atoms with Crippen LogP contribution in [0.4, 0.5) is 5.82 Å². The van der Waals surface area contributed by atoms with E-state index in [2.05, 4.69) is 10.2 Å². The van der Waals surface area contributed by atoms with Crippen LogP contribution in [0.2, 0.25) is 0 Å². The van der Waals surface area contributed by atoms with E-state index in [1.807, 2.05) is 12.1 Å². The second kappa shape index (κ2) is 4.49. The SMILES string of the molecule is Cc1ccc(C)c2c1C(=O)N(c1[nH]ncc1C(N)=S)C2=O. The number of aromatic nitrogens is 2. The second-order valence-corrected chi connectivity index (χ2v) is 5.33. The fourth-order valence-corrected chi connectivity index (χ4v) is 2.66. The molecule has 2 heterocycles. The molecular weight excluding hydrogens is 288 g/mol. The Labute approximate surface area is 125 Å². The fraction of sp³-hybridized carbons (Fsp3) is 0.143. The van der Waals surface area contributed by atoms with Gasteiger partial charge in [0.05, 0.1) is 22.9 Å². The highest BCUT2D eigenvalue weighted by Crippen LogP contribution is 2.32. The Hall–Kier alpha value is -2.54. The summed E-state index contributed by atoms with van der Waals surface area (Å²) in [5, 5.41) is 6.46. The van der Waals surface area contributed by atoms with Crippen molar-refractivity contribution in [3.8, 4) is 0 Å².